The molecule has 2 rings (SSSR count). The molecule has 19 heavy (non-hydrogen) atoms. The van der Waals surface area contributed by atoms with Crippen molar-refractivity contribution in [2.75, 3.05) is 13.7 Å². The van der Waals surface area contributed by atoms with Crippen molar-refractivity contribution in [3.8, 4) is 5.75 Å². The van der Waals surface area contributed by atoms with Crippen LogP contribution < -0.4 is 4.74 Å². The van der Waals surface area contributed by atoms with Crippen LogP contribution in [0.4, 0.5) is 0 Å². The predicted molar refractivity (Wildman–Crippen MR) is 74.2 cm³/mol. The van der Waals surface area contributed by atoms with Crippen LogP contribution in [0.15, 0.2) is 24.3 Å². The van der Waals surface area contributed by atoms with Gasteiger partial charge in [0, 0.05) is 0 Å². The Hall–Kier alpha value is -1.51. The number of ether oxygens (including phenoxy) is 2. The lowest BCUT2D eigenvalue weighted by Crippen LogP contribution is -2.39. The lowest BCUT2D eigenvalue weighted by molar-refractivity contribution is -0.161. The van der Waals surface area contributed by atoms with Crippen molar-refractivity contribution in [2.24, 2.45) is 5.41 Å². The molecule has 3 nitrogen and oxygen atoms in total. The molecular weight excluding hydrogens is 240 g/mol. The van der Waals surface area contributed by atoms with Crippen LogP contribution in [0.3, 0.4) is 0 Å². The Kier molecular flexibility index (Phi) is 4.46. The Morgan fingerprint density at radius 3 is 2.74 bits per heavy atom. The highest BCUT2D eigenvalue weighted by Crippen LogP contribution is 2.45. The number of benzene rings is 1. The van der Waals surface area contributed by atoms with Crippen molar-refractivity contribution in [2.45, 2.75) is 39.0 Å². The first-order valence-corrected chi connectivity index (χ1v) is 7.00. The molecule has 1 saturated carbocycles. The van der Waals surface area contributed by atoms with Crippen molar-refractivity contribution in [3.63, 3.8) is 0 Å². The zero-order chi connectivity index (χ0) is 13.7. The Labute approximate surface area is 114 Å². The molecule has 0 atom stereocenters. The third-order valence-corrected chi connectivity index (χ3v) is 4.05. The van der Waals surface area contributed by atoms with Crippen LogP contribution in [-0.2, 0) is 16.0 Å². The van der Waals surface area contributed by atoms with Crippen molar-refractivity contribution >= 4 is 5.97 Å². The maximum atomic E-state index is 12.0. The van der Waals surface area contributed by atoms with E-state index in [0.717, 1.165) is 37.9 Å². The summed E-state index contributed by atoms with van der Waals surface area (Å²) in [6, 6.07) is 8.05. The van der Waals surface area contributed by atoms with Gasteiger partial charge in [-0.25, -0.2) is 0 Å². The van der Waals surface area contributed by atoms with Crippen molar-refractivity contribution in [1.82, 2.24) is 0 Å². The Balaban J connectivity index is 1.97. The zero-order valence-corrected chi connectivity index (χ0v) is 11.8. The van der Waals surface area contributed by atoms with Crippen LogP contribution in [0.25, 0.3) is 0 Å². The van der Waals surface area contributed by atoms with Gasteiger partial charge in [-0.05, 0) is 50.3 Å². The normalized spacial score (nSPS) is 16.5. The molecule has 0 N–H and O–H groups in total. The highest BCUT2D eigenvalue weighted by Gasteiger charge is 2.44. The number of aryl methyl sites for hydroxylation is 1. The van der Waals surface area contributed by atoms with Gasteiger partial charge in [0.25, 0.3) is 0 Å². The van der Waals surface area contributed by atoms with E-state index in [0.29, 0.717) is 6.61 Å². The monoisotopic (exact) mass is 262 g/mol. The zero-order valence-electron chi connectivity index (χ0n) is 11.8. The lowest BCUT2D eigenvalue weighted by atomic mass is 9.65. The smallest absolute Gasteiger partial charge is 0.312 e. The van der Waals surface area contributed by atoms with E-state index < -0.39 is 0 Å². The van der Waals surface area contributed by atoms with Crippen LogP contribution in [0, 0.1) is 5.41 Å². The highest BCUT2D eigenvalue weighted by atomic mass is 16.5. The first kappa shape index (κ1) is 13.9. The molecule has 0 spiro atoms. The minimum atomic E-state index is -0.223. The second kappa shape index (κ2) is 6.09. The van der Waals surface area contributed by atoms with Gasteiger partial charge >= 0.3 is 5.97 Å². The third-order valence-electron chi connectivity index (χ3n) is 4.05. The Morgan fingerprint density at radius 1 is 1.37 bits per heavy atom. The molecule has 0 unspecified atom stereocenters. The maximum Gasteiger partial charge on any atom is 0.312 e. The average Bonchev–Trinajstić information content (AvgIpc) is 2.38. The fraction of sp³-hybridized carbons (Fsp3) is 0.562. The van der Waals surface area contributed by atoms with E-state index in [1.54, 1.807) is 7.11 Å². The van der Waals surface area contributed by atoms with Crippen LogP contribution >= 0.6 is 0 Å². The van der Waals surface area contributed by atoms with Gasteiger partial charge in [0.15, 0.2) is 0 Å². The number of hydrogen-bond donors (Lipinski definition) is 0. The molecule has 0 saturated heterocycles. The second-order valence-corrected chi connectivity index (χ2v) is 5.21. The number of methoxy groups -OCH3 is 1. The molecular formula is C16H22O3. The van der Waals surface area contributed by atoms with Crippen LogP contribution in [0.2, 0.25) is 0 Å². The first-order chi connectivity index (χ1) is 9.20. The number of esters is 1. The summed E-state index contributed by atoms with van der Waals surface area (Å²) in [5.41, 5.74) is 0.994. The largest absolute Gasteiger partial charge is 0.497 e. The number of rotatable bonds is 6. The number of carbonyl (C=O) groups excluding carboxylic acids is 1. The van der Waals surface area contributed by atoms with Gasteiger partial charge in [0.1, 0.15) is 5.75 Å². The molecule has 104 valence electrons. The van der Waals surface area contributed by atoms with E-state index in [2.05, 4.69) is 6.07 Å². The molecule has 1 aromatic carbocycles. The summed E-state index contributed by atoms with van der Waals surface area (Å²) in [5.74, 6) is 0.862. The summed E-state index contributed by atoms with van der Waals surface area (Å²) >= 11 is 0. The highest BCUT2D eigenvalue weighted by molar-refractivity contribution is 5.77. The SMILES string of the molecule is CCOC(=O)C1(CCc2cccc(OC)c2)CCC1. The van der Waals surface area contributed by atoms with Crippen molar-refractivity contribution in [1.29, 1.82) is 0 Å². The quantitative estimate of drug-likeness (QED) is 0.737. The molecule has 3 heteroatoms. The summed E-state index contributed by atoms with van der Waals surface area (Å²) in [4.78, 5) is 12.0. The van der Waals surface area contributed by atoms with Gasteiger partial charge in [0.2, 0.25) is 0 Å². The molecule has 0 aliphatic heterocycles. The molecule has 1 aliphatic carbocycles. The Morgan fingerprint density at radius 2 is 2.16 bits per heavy atom. The summed E-state index contributed by atoms with van der Waals surface area (Å²) < 4.78 is 10.4. The molecule has 0 heterocycles. The minimum Gasteiger partial charge on any atom is -0.497 e. The molecule has 0 bridgehead atoms. The first-order valence-electron chi connectivity index (χ1n) is 7.00. The fourth-order valence-corrected chi connectivity index (χ4v) is 2.66. The summed E-state index contributed by atoms with van der Waals surface area (Å²) in [5, 5.41) is 0. The summed E-state index contributed by atoms with van der Waals surface area (Å²) in [6.45, 7) is 2.34. The van der Waals surface area contributed by atoms with E-state index >= 15 is 0 Å². The fourth-order valence-electron chi connectivity index (χ4n) is 2.66. The van der Waals surface area contributed by atoms with Gasteiger partial charge < -0.3 is 9.47 Å². The van der Waals surface area contributed by atoms with Gasteiger partial charge in [-0.2, -0.15) is 0 Å². The average molecular weight is 262 g/mol. The lowest BCUT2D eigenvalue weighted by Gasteiger charge is -2.39. The molecule has 0 radical (unpaired) electrons. The number of carbonyl (C=O) groups is 1. The minimum absolute atomic E-state index is 0.0100. The van der Waals surface area contributed by atoms with E-state index in [-0.39, 0.29) is 11.4 Å². The van der Waals surface area contributed by atoms with Crippen molar-refractivity contribution in [3.05, 3.63) is 29.8 Å². The second-order valence-electron chi connectivity index (χ2n) is 5.21. The number of hydrogen-bond acceptors (Lipinski definition) is 3. The predicted octanol–water partition coefficient (Wildman–Crippen LogP) is 3.36. The van der Waals surface area contributed by atoms with Crippen molar-refractivity contribution < 1.29 is 14.3 Å². The van der Waals surface area contributed by atoms with Crippen LogP contribution in [-0.4, -0.2) is 19.7 Å². The molecule has 1 fully saturated rings. The van der Waals surface area contributed by atoms with Crippen LogP contribution in [0.5, 0.6) is 5.75 Å². The Bertz CT molecular complexity index is 435. The molecule has 0 amide bonds. The van der Waals surface area contributed by atoms with E-state index in [1.165, 1.54) is 5.56 Å². The van der Waals surface area contributed by atoms with Crippen LogP contribution in [0.1, 0.15) is 38.2 Å². The van der Waals surface area contributed by atoms with E-state index in [1.807, 2.05) is 25.1 Å². The van der Waals surface area contributed by atoms with E-state index in [4.69, 9.17) is 9.47 Å². The summed E-state index contributed by atoms with van der Waals surface area (Å²) in [7, 11) is 1.67. The maximum absolute atomic E-state index is 12.0. The van der Waals surface area contributed by atoms with E-state index in [9.17, 15) is 4.79 Å². The molecule has 0 aromatic heterocycles. The summed E-state index contributed by atoms with van der Waals surface area (Å²) in [6.07, 6.45) is 4.84. The topological polar surface area (TPSA) is 35.5 Å². The van der Waals surface area contributed by atoms with Gasteiger partial charge in [-0.1, -0.05) is 18.6 Å². The van der Waals surface area contributed by atoms with Gasteiger partial charge in [0.05, 0.1) is 19.1 Å². The van der Waals surface area contributed by atoms with Gasteiger partial charge in [-0.15, -0.1) is 0 Å². The molecule has 1 aromatic rings. The molecule has 1 aliphatic rings. The van der Waals surface area contributed by atoms with Gasteiger partial charge in [-0.3, -0.25) is 4.79 Å². The standard InChI is InChI=1S/C16H22O3/c1-3-19-15(17)16(9-5-10-16)11-8-13-6-4-7-14(12-13)18-2/h4,6-7,12H,3,5,8-11H2,1-2H3. The third kappa shape index (κ3) is 3.09.